The third-order valence-corrected chi connectivity index (χ3v) is 2.12. The number of nitrogens with two attached hydrogens (primary N) is 1. The summed E-state index contributed by atoms with van der Waals surface area (Å²) < 4.78 is 0. The molecule has 0 amide bonds. The highest BCUT2D eigenvalue weighted by Crippen LogP contribution is 2.32. The van der Waals surface area contributed by atoms with E-state index in [1.54, 1.807) is 6.20 Å². The molecule has 0 aromatic heterocycles. The molecule has 0 heterocycles. The Morgan fingerprint density at radius 2 is 2.27 bits per heavy atom. The first-order valence-electron chi connectivity index (χ1n) is 4.44. The molecule has 62 valence electrons. The van der Waals surface area contributed by atoms with Gasteiger partial charge in [-0.15, -0.1) is 0 Å². The molecular formula is C10H17N. The van der Waals surface area contributed by atoms with Crippen molar-refractivity contribution in [1.29, 1.82) is 0 Å². The minimum atomic E-state index is 0.988. The van der Waals surface area contributed by atoms with E-state index >= 15 is 0 Å². The van der Waals surface area contributed by atoms with Crippen LogP contribution in [0.1, 0.15) is 32.6 Å². The van der Waals surface area contributed by atoms with E-state index in [2.05, 4.69) is 19.1 Å². The van der Waals surface area contributed by atoms with Crippen molar-refractivity contribution in [2.45, 2.75) is 32.6 Å². The predicted molar refractivity (Wildman–Crippen MR) is 49.0 cm³/mol. The first kappa shape index (κ1) is 8.38. The maximum absolute atomic E-state index is 5.40. The normalized spacial score (nSPS) is 19.5. The van der Waals surface area contributed by atoms with Gasteiger partial charge in [0.25, 0.3) is 0 Å². The van der Waals surface area contributed by atoms with Gasteiger partial charge in [-0.25, -0.2) is 0 Å². The fourth-order valence-corrected chi connectivity index (χ4v) is 1.06. The van der Waals surface area contributed by atoms with Gasteiger partial charge in [-0.05, 0) is 43.4 Å². The minimum Gasteiger partial charge on any atom is -0.404 e. The van der Waals surface area contributed by atoms with Crippen LogP contribution in [0, 0.1) is 5.92 Å². The smallest absolute Gasteiger partial charge is 0.00299 e. The summed E-state index contributed by atoms with van der Waals surface area (Å²) in [5.74, 6) is 0.988. The molecule has 1 nitrogen and oxygen atoms in total. The van der Waals surface area contributed by atoms with Crippen LogP contribution in [0.3, 0.4) is 0 Å². The van der Waals surface area contributed by atoms with E-state index in [-0.39, 0.29) is 0 Å². The zero-order chi connectivity index (χ0) is 8.10. The SMILES string of the molecule is CCC(/C=C\CC1CC1)=C/N. The van der Waals surface area contributed by atoms with E-state index in [4.69, 9.17) is 5.73 Å². The molecule has 0 bridgehead atoms. The highest BCUT2D eigenvalue weighted by Gasteiger charge is 2.18. The van der Waals surface area contributed by atoms with Crippen molar-refractivity contribution in [3.63, 3.8) is 0 Å². The first-order chi connectivity index (χ1) is 5.36. The standard InChI is InChI=1S/C10H17N/c1-2-9(8-11)4-3-5-10-6-7-10/h3-4,8,10H,2,5-7,11H2,1H3/b4-3-,9-8-. The molecule has 0 radical (unpaired) electrons. The van der Waals surface area contributed by atoms with E-state index in [9.17, 15) is 0 Å². The Bertz CT molecular complexity index is 164. The van der Waals surface area contributed by atoms with Crippen molar-refractivity contribution in [2.24, 2.45) is 11.7 Å². The summed E-state index contributed by atoms with van der Waals surface area (Å²) in [6.45, 7) is 2.13. The lowest BCUT2D eigenvalue weighted by molar-refractivity contribution is 0.861. The number of hydrogen-bond donors (Lipinski definition) is 1. The summed E-state index contributed by atoms with van der Waals surface area (Å²) in [5, 5.41) is 0. The van der Waals surface area contributed by atoms with Crippen molar-refractivity contribution in [3.05, 3.63) is 23.9 Å². The summed E-state index contributed by atoms with van der Waals surface area (Å²) in [6, 6.07) is 0. The third kappa shape index (κ3) is 3.26. The van der Waals surface area contributed by atoms with Crippen molar-refractivity contribution in [1.82, 2.24) is 0 Å². The Hall–Kier alpha value is -0.720. The molecule has 11 heavy (non-hydrogen) atoms. The fraction of sp³-hybridized carbons (Fsp3) is 0.600. The molecule has 0 atom stereocenters. The quantitative estimate of drug-likeness (QED) is 0.614. The predicted octanol–water partition coefficient (Wildman–Crippen LogP) is 2.60. The zero-order valence-electron chi connectivity index (χ0n) is 7.22. The van der Waals surface area contributed by atoms with Crippen LogP contribution in [-0.4, -0.2) is 0 Å². The molecule has 1 aliphatic rings. The maximum Gasteiger partial charge on any atom is -0.00299 e. The topological polar surface area (TPSA) is 26.0 Å². The molecule has 2 N–H and O–H groups in total. The molecule has 0 aliphatic heterocycles. The summed E-state index contributed by atoms with van der Waals surface area (Å²) in [6.07, 6.45) is 11.2. The second-order valence-electron chi connectivity index (χ2n) is 3.18. The highest BCUT2D eigenvalue weighted by molar-refractivity contribution is 5.16. The van der Waals surface area contributed by atoms with Crippen LogP contribution in [0.2, 0.25) is 0 Å². The van der Waals surface area contributed by atoms with Gasteiger partial charge in [0.2, 0.25) is 0 Å². The van der Waals surface area contributed by atoms with Gasteiger partial charge in [0.1, 0.15) is 0 Å². The Morgan fingerprint density at radius 1 is 1.55 bits per heavy atom. The number of allylic oxidation sites excluding steroid dienone is 3. The van der Waals surface area contributed by atoms with Crippen molar-refractivity contribution in [3.8, 4) is 0 Å². The average Bonchev–Trinajstić information content (AvgIpc) is 2.82. The highest BCUT2D eigenvalue weighted by atomic mass is 14.5. The van der Waals surface area contributed by atoms with Crippen LogP contribution in [0.5, 0.6) is 0 Å². The maximum atomic E-state index is 5.40. The molecular weight excluding hydrogens is 134 g/mol. The molecule has 1 fully saturated rings. The van der Waals surface area contributed by atoms with Gasteiger partial charge in [-0.3, -0.25) is 0 Å². The Morgan fingerprint density at radius 3 is 2.73 bits per heavy atom. The van der Waals surface area contributed by atoms with Crippen LogP contribution >= 0.6 is 0 Å². The van der Waals surface area contributed by atoms with Gasteiger partial charge in [0.15, 0.2) is 0 Å². The largest absolute Gasteiger partial charge is 0.404 e. The van der Waals surface area contributed by atoms with E-state index in [1.807, 2.05) is 0 Å². The summed E-state index contributed by atoms with van der Waals surface area (Å²) >= 11 is 0. The molecule has 0 unspecified atom stereocenters. The molecule has 1 heteroatoms. The number of hydrogen-bond acceptors (Lipinski definition) is 1. The lowest BCUT2D eigenvalue weighted by atomic mass is 10.2. The number of rotatable bonds is 4. The van der Waals surface area contributed by atoms with Gasteiger partial charge >= 0.3 is 0 Å². The molecule has 1 saturated carbocycles. The Balaban J connectivity index is 2.20. The van der Waals surface area contributed by atoms with Crippen LogP contribution < -0.4 is 5.73 Å². The van der Waals surface area contributed by atoms with Crippen LogP contribution in [0.15, 0.2) is 23.9 Å². The molecule has 0 aromatic carbocycles. The van der Waals surface area contributed by atoms with Crippen LogP contribution in [-0.2, 0) is 0 Å². The molecule has 1 rings (SSSR count). The van der Waals surface area contributed by atoms with Gasteiger partial charge in [-0.2, -0.15) is 0 Å². The molecule has 0 saturated heterocycles. The van der Waals surface area contributed by atoms with Crippen molar-refractivity contribution < 1.29 is 0 Å². The van der Waals surface area contributed by atoms with E-state index in [0.29, 0.717) is 0 Å². The van der Waals surface area contributed by atoms with Crippen molar-refractivity contribution in [2.75, 3.05) is 0 Å². The van der Waals surface area contributed by atoms with E-state index in [0.717, 1.165) is 12.3 Å². The first-order valence-corrected chi connectivity index (χ1v) is 4.44. The molecule has 0 aromatic rings. The van der Waals surface area contributed by atoms with Gasteiger partial charge in [-0.1, -0.05) is 19.1 Å². The lowest BCUT2D eigenvalue weighted by Crippen LogP contribution is -1.83. The Labute approximate surface area is 69.0 Å². The second kappa shape index (κ2) is 4.22. The van der Waals surface area contributed by atoms with E-state index < -0.39 is 0 Å². The van der Waals surface area contributed by atoms with Crippen LogP contribution in [0.25, 0.3) is 0 Å². The summed E-state index contributed by atoms with van der Waals surface area (Å²) in [4.78, 5) is 0. The van der Waals surface area contributed by atoms with Gasteiger partial charge in [0, 0.05) is 0 Å². The monoisotopic (exact) mass is 151 g/mol. The minimum absolute atomic E-state index is 0.988. The van der Waals surface area contributed by atoms with Gasteiger partial charge < -0.3 is 5.73 Å². The van der Waals surface area contributed by atoms with E-state index in [1.165, 1.54) is 24.8 Å². The second-order valence-corrected chi connectivity index (χ2v) is 3.18. The lowest BCUT2D eigenvalue weighted by Gasteiger charge is -1.93. The molecule has 0 spiro atoms. The summed E-state index contributed by atoms with van der Waals surface area (Å²) in [7, 11) is 0. The van der Waals surface area contributed by atoms with Gasteiger partial charge in [0.05, 0.1) is 0 Å². The Kier molecular flexibility index (Phi) is 3.21. The fourth-order valence-electron chi connectivity index (χ4n) is 1.06. The van der Waals surface area contributed by atoms with Crippen LogP contribution in [0.4, 0.5) is 0 Å². The van der Waals surface area contributed by atoms with Crippen molar-refractivity contribution >= 4 is 0 Å². The summed E-state index contributed by atoms with van der Waals surface area (Å²) in [5.41, 5.74) is 6.64. The zero-order valence-corrected chi connectivity index (χ0v) is 7.22. The molecule has 1 aliphatic carbocycles. The average molecular weight is 151 g/mol. The third-order valence-electron chi connectivity index (χ3n) is 2.12.